The maximum Gasteiger partial charge on any atom is 0.00921 e. The molecule has 0 saturated heterocycles. The van der Waals surface area contributed by atoms with E-state index in [0.29, 0.717) is 0 Å². The third kappa shape index (κ3) is 4.31. The number of nitrogens with zero attached hydrogens (tertiary/aromatic N) is 1. The lowest BCUT2D eigenvalue weighted by Crippen LogP contribution is -2.32. The summed E-state index contributed by atoms with van der Waals surface area (Å²) < 4.78 is 0. The second kappa shape index (κ2) is 6.12. The highest BCUT2D eigenvalue weighted by Crippen LogP contribution is 2.34. The highest BCUT2D eigenvalue weighted by atomic mass is 79.9. The van der Waals surface area contributed by atoms with Crippen molar-refractivity contribution in [3.63, 3.8) is 0 Å². The van der Waals surface area contributed by atoms with Gasteiger partial charge in [0.15, 0.2) is 0 Å². The number of alkyl halides is 1. The van der Waals surface area contributed by atoms with Crippen molar-refractivity contribution >= 4 is 15.9 Å². The van der Waals surface area contributed by atoms with Crippen LogP contribution in [0.1, 0.15) is 39.5 Å². The second-order valence-corrected chi connectivity index (χ2v) is 5.72. The Morgan fingerprint density at radius 2 is 1.93 bits per heavy atom. The summed E-state index contributed by atoms with van der Waals surface area (Å²) in [5, 5.41) is 1.15. The highest BCUT2D eigenvalue weighted by Gasteiger charge is 2.30. The molecule has 0 aromatic rings. The molecule has 1 rings (SSSR count). The van der Waals surface area contributed by atoms with Crippen molar-refractivity contribution in [1.82, 2.24) is 4.90 Å². The van der Waals surface area contributed by atoms with E-state index in [2.05, 4.69) is 41.7 Å². The van der Waals surface area contributed by atoms with Crippen LogP contribution >= 0.6 is 15.9 Å². The van der Waals surface area contributed by atoms with E-state index in [1.165, 1.54) is 32.2 Å². The average molecular weight is 262 g/mol. The van der Waals surface area contributed by atoms with E-state index < -0.39 is 0 Å². The molecule has 2 heteroatoms. The maximum absolute atomic E-state index is 3.51. The van der Waals surface area contributed by atoms with Crippen molar-refractivity contribution in [1.29, 1.82) is 0 Å². The van der Waals surface area contributed by atoms with E-state index in [0.717, 1.165) is 23.2 Å². The molecule has 2 atom stereocenters. The van der Waals surface area contributed by atoms with Crippen LogP contribution in [-0.2, 0) is 0 Å². The molecule has 84 valence electrons. The molecule has 0 heterocycles. The Labute approximate surface area is 97.4 Å². The Balaban J connectivity index is 2.09. The molecule has 0 N–H and O–H groups in total. The smallest absolute Gasteiger partial charge is 0.00921 e. The fourth-order valence-electron chi connectivity index (χ4n) is 1.90. The number of hydrogen-bond donors (Lipinski definition) is 0. The largest absolute Gasteiger partial charge is 0.303 e. The normalized spacial score (nSPS) is 21.2. The third-order valence-corrected chi connectivity index (χ3v) is 4.03. The van der Waals surface area contributed by atoms with Crippen LogP contribution in [0.5, 0.6) is 0 Å². The van der Waals surface area contributed by atoms with Crippen LogP contribution in [0.2, 0.25) is 0 Å². The average Bonchev–Trinajstić information content (AvgIpc) is 2.96. The molecule has 14 heavy (non-hydrogen) atoms. The van der Waals surface area contributed by atoms with Gasteiger partial charge in [-0.25, -0.2) is 0 Å². The maximum atomic E-state index is 3.51. The molecular formula is C12H24BrN. The molecule has 0 spiro atoms. The topological polar surface area (TPSA) is 3.24 Å². The lowest BCUT2D eigenvalue weighted by molar-refractivity contribution is 0.219. The summed E-state index contributed by atoms with van der Waals surface area (Å²) in [7, 11) is 2.28. The van der Waals surface area contributed by atoms with Gasteiger partial charge >= 0.3 is 0 Å². The molecule has 0 bridgehead atoms. The molecule has 0 aromatic carbocycles. The Morgan fingerprint density at radius 3 is 2.43 bits per heavy atom. The van der Waals surface area contributed by atoms with Crippen molar-refractivity contribution < 1.29 is 0 Å². The minimum Gasteiger partial charge on any atom is -0.303 e. The van der Waals surface area contributed by atoms with Gasteiger partial charge in [0.25, 0.3) is 0 Å². The molecule has 0 radical (unpaired) electrons. The van der Waals surface area contributed by atoms with E-state index in [-0.39, 0.29) is 0 Å². The molecule has 1 nitrogen and oxygen atoms in total. The van der Waals surface area contributed by atoms with E-state index in [4.69, 9.17) is 0 Å². The van der Waals surface area contributed by atoms with Gasteiger partial charge in [-0.3, -0.25) is 0 Å². The number of halogens is 1. The zero-order valence-corrected chi connectivity index (χ0v) is 11.4. The summed E-state index contributed by atoms with van der Waals surface area (Å²) in [6.45, 7) is 6.01. The van der Waals surface area contributed by atoms with Crippen LogP contribution in [-0.4, -0.2) is 29.9 Å². The van der Waals surface area contributed by atoms with Crippen LogP contribution in [0.25, 0.3) is 0 Å². The van der Waals surface area contributed by atoms with Gasteiger partial charge in [0, 0.05) is 11.4 Å². The van der Waals surface area contributed by atoms with E-state index in [9.17, 15) is 0 Å². The third-order valence-electron chi connectivity index (χ3n) is 3.58. The van der Waals surface area contributed by atoms with Crippen LogP contribution in [0, 0.1) is 11.8 Å². The van der Waals surface area contributed by atoms with Crippen molar-refractivity contribution in [2.45, 2.75) is 45.6 Å². The highest BCUT2D eigenvalue weighted by molar-refractivity contribution is 9.09. The van der Waals surface area contributed by atoms with E-state index in [1.807, 2.05) is 0 Å². The first kappa shape index (κ1) is 12.5. The van der Waals surface area contributed by atoms with Crippen molar-refractivity contribution in [3.05, 3.63) is 0 Å². The van der Waals surface area contributed by atoms with Crippen LogP contribution in [0.4, 0.5) is 0 Å². The summed E-state index contributed by atoms with van der Waals surface area (Å²) in [4.78, 5) is 2.54. The van der Waals surface area contributed by atoms with Gasteiger partial charge in [-0.2, -0.15) is 0 Å². The van der Waals surface area contributed by atoms with Crippen molar-refractivity contribution in [3.8, 4) is 0 Å². The predicted octanol–water partition coefficient (Wildman–Crippen LogP) is 3.53. The molecule has 0 aromatic heterocycles. The Morgan fingerprint density at radius 1 is 1.29 bits per heavy atom. The molecule has 1 saturated carbocycles. The molecule has 1 aliphatic rings. The van der Waals surface area contributed by atoms with Crippen molar-refractivity contribution in [2.24, 2.45) is 11.8 Å². The molecule has 0 amide bonds. The summed E-state index contributed by atoms with van der Waals surface area (Å²) in [5.41, 5.74) is 0. The molecule has 1 fully saturated rings. The lowest BCUT2D eigenvalue weighted by atomic mass is 10.0. The summed E-state index contributed by atoms with van der Waals surface area (Å²) in [6.07, 6.45) is 5.58. The summed E-state index contributed by atoms with van der Waals surface area (Å²) >= 11 is 3.51. The summed E-state index contributed by atoms with van der Waals surface area (Å²) in [5.74, 6) is 1.87. The predicted molar refractivity (Wildman–Crippen MR) is 67.0 cm³/mol. The van der Waals surface area contributed by atoms with Gasteiger partial charge in [0.2, 0.25) is 0 Å². The first-order valence-electron chi connectivity index (χ1n) is 5.91. The summed E-state index contributed by atoms with van der Waals surface area (Å²) in [6, 6.07) is 0.811. The fraction of sp³-hybridized carbons (Fsp3) is 1.00. The molecule has 2 unspecified atom stereocenters. The van der Waals surface area contributed by atoms with Gasteiger partial charge in [-0.15, -0.1) is 0 Å². The van der Waals surface area contributed by atoms with Crippen LogP contribution in [0.15, 0.2) is 0 Å². The first-order valence-corrected chi connectivity index (χ1v) is 7.03. The first-order chi connectivity index (χ1) is 6.65. The molecule has 1 aliphatic carbocycles. The number of rotatable bonds is 7. The minimum absolute atomic E-state index is 0.811. The standard InChI is InChI=1S/C12H24BrN/c1-10(6-8-13)7-9-14(3)11(2)12-4-5-12/h10-12H,4-9H2,1-3H3. The van der Waals surface area contributed by atoms with Gasteiger partial charge < -0.3 is 4.90 Å². The molecular weight excluding hydrogens is 238 g/mol. The second-order valence-electron chi connectivity index (χ2n) is 4.93. The Kier molecular flexibility index (Phi) is 5.47. The van der Waals surface area contributed by atoms with Gasteiger partial charge in [0.05, 0.1) is 0 Å². The van der Waals surface area contributed by atoms with Crippen LogP contribution < -0.4 is 0 Å². The fourth-order valence-corrected chi connectivity index (χ4v) is 2.68. The van der Waals surface area contributed by atoms with E-state index >= 15 is 0 Å². The minimum atomic E-state index is 0.811. The Hall–Kier alpha value is 0.440. The monoisotopic (exact) mass is 261 g/mol. The van der Waals surface area contributed by atoms with Crippen LogP contribution in [0.3, 0.4) is 0 Å². The van der Waals surface area contributed by atoms with Gasteiger partial charge in [-0.1, -0.05) is 22.9 Å². The van der Waals surface area contributed by atoms with E-state index in [1.54, 1.807) is 0 Å². The molecule has 0 aliphatic heterocycles. The lowest BCUT2D eigenvalue weighted by Gasteiger charge is -2.25. The SMILES string of the molecule is CC(CCBr)CCN(C)C(C)C1CC1. The van der Waals surface area contributed by atoms with Gasteiger partial charge in [0.1, 0.15) is 0 Å². The quantitative estimate of drug-likeness (QED) is 0.634. The number of hydrogen-bond acceptors (Lipinski definition) is 1. The zero-order chi connectivity index (χ0) is 10.6. The zero-order valence-electron chi connectivity index (χ0n) is 9.80. The van der Waals surface area contributed by atoms with Crippen molar-refractivity contribution in [2.75, 3.05) is 18.9 Å². The van der Waals surface area contributed by atoms with Gasteiger partial charge in [-0.05, 0) is 58.0 Å². The Bertz CT molecular complexity index is 156.